The van der Waals surface area contributed by atoms with Crippen molar-refractivity contribution in [3.05, 3.63) is 36.8 Å². The fraction of sp³-hybridized carbons (Fsp3) is 0.167. The van der Waals surface area contributed by atoms with Crippen molar-refractivity contribution in [3.63, 3.8) is 0 Å². The minimum atomic E-state index is -0.199. The number of amides is 1. The maximum Gasteiger partial charge on any atom is 0.237 e. The summed E-state index contributed by atoms with van der Waals surface area (Å²) < 4.78 is 0. The van der Waals surface area contributed by atoms with Gasteiger partial charge >= 0.3 is 0 Å². The van der Waals surface area contributed by atoms with Gasteiger partial charge in [0.2, 0.25) is 5.91 Å². The quantitative estimate of drug-likeness (QED) is 0.855. The summed E-state index contributed by atoms with van der Waals surface area (Å²) >= 11 is 3.22. The van der Waals surface area contributed by atoms with E-state index in [2.05, 4.69) is 31.2 Å². The molecule has 0 saturated heterocycles. The summed E-state index contributed by atoms with van der Waals surface area (Å²) in [7, 11) is 0. The molecule has 88 valence electrons. The Balaban J connectivity index is 2.11. The molecule has 1 aromatic heterocycles. The summed E-state index contributed by atoms with van der Waals surface area (Å²) in [6, 6.07) is 7.59. The van der Waals surface area contributed by atoms with Crippen molar-refractivity contribution in [1.29, 1.82) is 0 Å². The first-order valence-electron chi connectivity index (χ1n) is 5.20. The van der Waals surface area contributed by atoms with E-state index in [0.717, 1.165) is 16.9 Å². The number of aromatic amines is 1. The van der Waals surface area contributed by atoms with Crippen LogP contribution in [0.2, 0.25) is 0 Å². The highest BCUT2D eigenvalue weighted by Crippen LogP contribution is 2.19. The highest BCUT2D eigenvalue weighted by atomic mass is 79.9. The second-order valence-corrected chi connectivity index (χ2v) is 5.02. The Morgan fingerprint density at radius 2 is 2.12 bits per heavy atom. The van der Waals surface area contributed by atoms with E-state index in [4.69, 9.17) is 0 Å². The van der Waals surface area contributed by atoms with Crippen LogP contribution in [0, 0.1) is 0 Å². The van der Waals surface area contributed by atoms with E-state index in [1.165, 1.54) is 0 Å². The van der Waals surface area contributed by atoms with E-state index in [0.29, 0.717) is 0 Å². The van der Waals surface area contributed by atoms with Crippen LogP contribution in [0.15, 0.2) is 36.8 Å². The molecule has 0 radical (unpaired) electrons. The Bertz CT molecular complexity index is 491. The lowest BCUT2D eigenvalue weighted by Gasteiger charge is -2.07. The predicted octanol–water partition coefficient (Wildman–Crippen LogP) is 2.80. The van der Waals surface area contributed by atoms with Crippen LogP contribution in [0.5, 0.6) is 0 Å². The first kappa shape index (κ1) is 11.9. The molecular weight excluding hydrogens is 282 g/mol. The maximum absolute atomic E-state index is 11.5. The summed E-state index contributed by atoms with van der Waals surface area (Å²) in [4.78, 5) is 18.2. The van der Waals surface area contributed by atoms with Crippen LogP contribution in [0.4, 0.5) is 5.69 Å². The van der Waals surface area contributed by atoms with Gasteiger partial charge in [-0.1, -0.05) is 28.1 Å². The van der Waals surface area contributed by atoms with Gasteiger partial charge in [0.15, 0.2) is 0 Å². The van der Waals surface area contributed by atoms with Crippen molar-refractivity contribution in [2.24, 2.45) is 0 Å². The summed E-state index contributed by atoms with van der Waals surface area (Å²) in [5.74, 6) is -0.0562. The van der Waals surface area contributed by atoms with Crippen LogP contribution in [0.25, 0.3) is 11.3 Å². The van der Waals surface area contributed by atoms with Crippen LogP contribution in [0.1, 0.15) is 6.92 Å². The summed E-state index contributed by atoms with van der Waals surface area (Å²) in [6.07, 6.45) is 3.39. The van der Waals surface area contributed by atoms with E-state index < -0.39 is 0 Å². The highest BCUT2D eigenvalue weighted by Gasteiger charge is 2.08. The SMILES string of the molecule is CC(Br)C(=O)Nc1ccc(-c2cnc[nH]2)cc1. The van der Waals surface area contributed by atoms with Gasteiger partial charge in [-0.3, -0.25) is 4.79 Å². The second-order valence-electron chi connectivity index (χ2n) is 3.65. The number of halogens is 1. The molecule has 2 aromatic rings. The van der Waals surface area contributed by atoms with E-state index in [9.17, 15) is 4.79 Å². The topological polar surface area (TPSA) is 57.8 Å². The molecule has 17 heavy (non-hydrogen) atoms. The molecule has 2 rings (SSSR count). The number of benzene rings is 1. The molecule has 0 fully saturated rings. The van der Waals surface area contributed by atoms with E-state index in [1.54, 1.807) is 19.4 Å². The summed E-state index contributed by atoms with van der Waals surface area (Å²) in [5.41, 5.74) is 2.77. The van der Waals surface area contributed by atoms with Crippen molar-refractivity contribution in [2.75, 3.05) is 5.32 Å². The summed E-state index contributed by atoms with van der Waals surface area (Å²) in [6.45, 7) is 1.79. The van der Waals surface area contributed by atoms with E-state index in [1.807, 2.05) is 24.3 Å². The number of alkyl halides is 1. The number of nitrogens with one attached hydrogen (secondary N) is 2. The molecular formula is C12H12BrN3O. The van der Waals surface area contributed by atoms with Gasteiger partial charge in [-0.25, -0.2) is 4.98 Å². The maximum atomic E-state index is 11.5. The molecule has 5 heteroatoms. The number of rotatable bonds is 3. The highest BCUT2D eigenvalue weighted by molar-refractivity contribution is 9.10. The molecule has 2 N–H and O–H groups in total. The van der Waals surface area contributed by atoms with Gasteiger partial charge in [-0.2, -0.15) is 0 Å². The third-order valence-electron chi connectivity index (χ3n) is 2.32. The smallest absolute Gasteiger partial charge is 0.237 e. The monoisotopic (exact) mass is 293 g/mol. The van der Waals surface area contributed by atoms with Crippen LogP contribution in [0.3, 0.4) is 0 Å². The Morgan fingerprint density at radius 3 is 2.65 bits per heavy atom. The minimum absolute atomic E-state index is 0.0562. The van der Waals surface area contributed by atoms with Gasteiger partial charge in [0.1, 0.15) is 0 Å². The Morgan fingerprint density at radius 1 is 1.41 bits per heavy atom. The van der Waals surface area contributed by atoms with Gasteiger partial charge in [0.25, 0.3) is 0 Å². The van der Waals surface area contributed by atoms with Gasteiger partial charge in [-0.05, 0) is 24.6 Å². The first-order valence-corrected chi connectivity index (χ1v) is 6.12. The van der Waals surface area contributed by atoms with Crippen molar-refractivity contribution >= 4 is 27.5 Å². The molecule has 0 aliphatic rings. The average molecular weight is 294 g/mol. The zero-order chi connectivity index (χ0) is 12.3. The molecule has 0 spiro atoms. The number of imidazole rings is 1. The third kappa shape index (κ3) is 2.94. The van der Waals surface area contributed by atoms with Crippen molar-refractivity contribution in [3.8, 4) is 11.3 Å². The number of anilines is 1. The molecule has 0 aliphatic heterocycles. The van der Waals surface area contributed by atoms with Gasteiger partial charge in [0.05, 0.1) is 23.0 Å². The zero-order valence-electron chi connectivity index (χ0n) is 9.27. The van der Waals surface area contributed by atoms with Crippen molar-refractivity contribution in [1.82, 2.24) is 9.97 Å². The number of carbonyl (C=O) groups is 1. The molecule has 1 unspecified atom stereocenters. The van der Waals surface area contributed by atoms with Crippen LogP contribution >= 0.6 is 15.9 Å². The van der Waals surface area contributed by atoms with Crippen LogP contribution in [-0.4, -0.2) is 20.7 Å². The summed E-state index contributed by atoms with van der Waals surface area (Å²) in [5, 5.41) is 2.80. The first-order chi connectivity index (χ1) is 8.16. The predicted molar refractivity (Wildman–Crippen MR) is 71.0 cm³/mol. The van der Waals surface area contributed by atoms with E-state index >= 15 is 0 Å². The van der Waals surface area contributed by atoms with Crippen LogP contribution < -0.4 is 5.32 Å². The Kier molecular flexibility index (Phi) is 3.58. The van der Waals surface area contributed by atoms with E-state index in [-0.39, 0.29) is 10.7 Å². The van der Waals surface area contributed by atoms with Crippen molar-refractivity contribution < 1.29 is 4.79 Å². The third-order valence-corrected chi connectivity index (χ3v) is 2.74. The lowest BCUT2D eigenvalue weighted by Crippen LogP contribution is -2.19. The van der Waals surface area contributed by atoms with Gasteiger partial charge in [0, 0.05) is 5.69 Å². The fourth-order valence-corrected chi connectivity index (χ4v) is 1.50. The second kappa shape index (κ2) is 5.14. The Hall–Kier alpha value is -1.62. The average Bonchev–Trinajstić information content (AvgIpc) is 2.83. The number of carbonyl (C=O) groups excluding carboxylic acids is 1. The molecule has 4 nitrogen and oxygen atoms in total. The lowest BCUT2D eigenvalue weighted by molar-refractivity contribution is -0.115. The minimum Gasteiger partial charge on any atom is -0.345 e. The number of aromatic nitrogens is 2. The standard InChI is InChI=1S/C12H12BrN3O/c1-8(13)12(17)16-10-4-2-9(3-5-10)11-6-14-7-15-11/h2-8H,1H3,(H,14,15)(H,16,17). The normalized spacial score (nSPS) is 12.1. The number of nitrogens with zero attached hydrogens (tertiary/aromatic N) is 1. The fourth-order valence-electron chi connectivity index (χ4n) is 1.39. The molecule has 0 aliphatic carbocycles. The van der Waals surface area contributed by atoms with Crippen LogP contribution in [-0.2, 0) is 4.79 Å². The molecule has 0 saturated carbocycles. The van der Waals surface area contributed by atoms with Gasteiger partial charge in [-0.15, -0.1) is 0 Å². The molecule has 1 atom stereocenters. The lowest BCUT2D eigenvalue weighted by atomic mass is 10.1. The number of hydrogen-bond acceptors (Lipinski definition) is 2. The number of H-pyrrole nitrogens is 1. The number of hydrogen-bond donors (Lipinski definition) is 2. The molecule has 1 heterocycles. The zero-order valence-corrected chi connectivity index (χ0v) is 10.9. The largest absolute Gasteiger partial charge is 0.345 e. The molecule has 0 bridgehead atoms. The van der Waals surface area contributed by atoms with Gasteiger partial charge < -0.3 is 10.3 Å². The molecule has 1 amide bonds. The van der Waals surface area contributed by atoms with Crippen molar-refractivity contribution in [2.45, 2.75) is 11.8 Å². The Labute approximate surface area is 108 Å². The molecule has 1 aromatic carbocycles.